The fourth-order valence-electron chi connectivity index (χ4n) is 3.94. The smallest absolute Gasteiger partial charge is 0.325 e. The third kappa shape index (κ3) is 3.02. The van der Waals surface area contributed by atoms with E-state index in [0.29, 0.717) is 6.42 Å². The first-order valence-corrected chi connectivity index (χ1v) is 9.94. The molecule has 1 fully saturated rings. The lowest BCUT2D eigenvalue weighted by atomic mass is 9.80. The number of carbonyl (C=O) groups excluding carboxylic acids is 3. The van der Waals surface area contributed by atoms with E-state index in [-0.39, 0.29) is 24.4 Å². The van der Waals surface area contributed by atoms with E-state index in [9.17, 15) is 14.4 Å². The first-order valence-electron chi connectivity index (χ1n) is 9.06. The Balaban J connectivity index is 1.48. The van der Waals surface area contributed by atoms with E-state index >= 15 is 0 Å². The second-order valence-electron chi connectivity index (χ2n) is 7.04. The van der Waals surface area contributed by atoms with E-state index in [4.69, 9.17) is 0 Å². The van der Waals surface area contributed by atoms with Crippen LogP contribution in [-0.4, -0.2) is 29.3 Å². The van der Waals surface area contributed by atoms with Crippen molar-refractivity contribution in [2.75, 3.05) is 6.54 Å². The molecule has 0 saturated carbocycles. The second kappa shape index (κ2) is 6.81. The summed E-state index contributed by atoms with van der Waals surface area (Å²) in [7, 11) is 0. The molecule has 1 saturated heterocycles. The predicted octanol–water partition coefficient (Wildman–Crippen LogP) is 2.71. The van der Waals surface area contributed by atoms with Gasteiger partial charge in [-0.3, -0.25) is 14.5 Å². The largest absolute Gasteiger partial charge is 0.348 e. The molecular weight excluding hydrogens is 362 g/mol. The molecule has 1 aromatic heterocycles. The van der Waals surface area contributed by atoms with Crippen molar-refractivity contribution in [3.63, 3.8) is 0 Å². The van der Waals surface area contributed by atoms with Gasteiger partial charge in [0.1, 0.15) is 12.1 Å². The van der Waals surface area contributed by atoms with Crippen LogP contribution in [0.2, 0.25) is 0 Å². The van der Waals surface area contributed by atoms with Crippen molar-refractivity contribution in [1.82, 2.24) is 15.5 Å². The van der Waals surface area contributed by atoms with Crippen LogP contribution in [0.1, 0.15) is 41.8 Å². The summed E-state index contributed by atoms with van der Waals surface area (Å²) in [4.78, 5) is 40.2. The molecule has 6 nitrogen and oxygen atoms in total. The van der Waals surface area contributed by atoms with E-state index < -0.39 is 11.6 Å². The maximum atomic E-state index is 13.1. The molecule has 1 aliphatic heterocycles. The summed E-state index contributed by atoms with van der Waals surface area (Å²) in [5.74, 6) is -0.678. The van der Waals surface area contributed by atoms with Crippen molar-refractivity contribution in [3.05, 3.63) is 57.8 Å². The standard InChI is InChI=1S/C20H21N3O3S/c1-13(14-6-3-2-4-7-14)21-17(24)12-23-18(25)20(22-19(23)26)10-5-8-16-15(20)9-11-27-16/h2-4,6-7,9,11,13H,5,8,10,12H2,1H3,(H,21,24)(H,22,26)/t13-,20-/m0/s1. The molecule has 140 valence electrons. The third-order valence-electron chi connectivity index (χ3n) is 5.32. The lowest BCUT2D eigenvalue weighted by Crippen LogP contribution is -2.47. The van der Waals surface area contributed by atoms with Crippen LogP contribution < -0.4 is 10.6 Å². The highest BCUT2D eigenvalue weighted by Crippen LogP contribution is 2.42. The third-order valence-corrected chi connectivity index (χ3v) is 6.30. The molecule has 7 heteroatoms. The molecule has 4 amide bonds. The number of thiophene rings is 1. The van der Waals surface area contributed by atoms with Gasteiger partial charge in [0.05, 0.1) is 6.04 Å². The minimum atomic E-state index is -1.00. The number of imide groups is 1. The van der Waals surface area contributed by atoms with Gasteiger partial charge in [-0.15, -0.1) is 11.3 Å². The van der Waals surface area contributed by atoms with E-state index in [1.807, 2.05) is 48.7 Å². The first-order chi connectivity index (χ1) is 13.0. The van der Waals surface area contributed by atoms with Crippen LogP contribution in [0.5, 0.6) is 0 Å². The van der Waals surface area contributed by atoms with Crippen LogP contribution in [0.15, 0.2) is 41.8 Å². The topological polar surface area (TPSA) is 78.5 Å². The Morgan fingerprint density at radius 2 is 2.07 bits per heavy atom. The van der Waals surface area contributed by atoms with Gasteiger partial charge in [0, 0.05) is 10.4 Å². The van der Waals surface area contributed by atoms with Crippen LogP contribution in [0, 0.1) is 0 Å². The van der Waals surface area contributed by atoms with Gasteiger partial charge in [-0.05, 0) is 43.2 Å². The van der Waals surface area contributed by atoms with Crippen molar-refractivity contribution in [3.8, 4) is 0 Å². The van der Waals surface area contributed by atoms with Gasteiger partial charge in [-0.1, -0.05) is 30.3 Å². The zero-order valence-electron chi connectivity index (χ0n) is 15.0. The summed E-state index contributed by atoms with van der Waals surface area (Å²) in [5.41, 5.74) is 0.850. The molecule has 2 N–H and O–H groups in total. The van der Waals surface area contributed by atoms with Gasteiger partial charge in [0.25, 0.3) is 5.91 Å². The second-order valence-corrected chi connectivity index (χ2v) is 8.04. The molecule has 2 heterocycles. The monoisotopic (exact) mass is 383 g/mol. The number of rotatable bonds is 4. The molecule has 0 radical (unpaired) electrons. The van der Waals surface area contributed by atoms with Crippen molar-refractivity contribution in [1.29, 1.82) is 0 Å². The number of nitrogens with one attached hydrogen (secondary N) is 2. The SMILES string of the molecule is C[C@H](NC(=O)CN1C(=O)N[C@]2(CCCc3sccc32)C1=O)c1ccccc1. The maximum absolute atomic E-state index is 13.1. The molecule has 0 bridgehead atoms. The van der Waals surface area contributed by atoms with Crippen LogP contribution in [0.4, 0.5) is 4.79 Å². The van der Waals surface area contributed by atoms with Gasteiger partial charge >= 0.3 is 6.03 Å². The number of hydrogen-bond donors (Lipinski definition) is 2. The van der Waals surface area contributed by atoms with E-state index in [2.05, 4.69) is 10.6 Å². The van der Waals surface area contributed by atoms with Gasteiger partial charge in [0.2, 0.25) is 5.91 Å². The van der Waals surface area contributed by atoms with Crippen LogP contribution in [0.25, 0.3) is 0 Å². The predicted molar refractivity (Wildman–Crippen MR) is 102 cm³/mol. The Morgan fingerprint density at radius 1 is 1.30 bits per heavy atom. The molecular formula is C20H21N3O3S. The summed E-state index contributed by atoms with van der Waals surface area (Å²) in [6.07, 6.45) is 2.33. The highest BCUT2D eigenvalue weighted by atomic mass is 32.1. The van der Waals surface area contributed by atoms with Gasteiger partial charge in [-0.2, -0.15) is 0 Å². The van der Waals surface area contributed by atoms with Crippen molar-refractivity contribution >= 4 is 29.2 Å². The number of fused-ring (bicyclic) bond motifs is 2. The molecule has 1 aliphatic carbocycles. The van der Waals surface area contributed by atoms with Crippen molar-refractivity contribution < 1.29 is 14.4 Å². The molecule has 0 unspecified atom stereocenters. The highest BCUT2D eigenvalue weighted by molar-refractivity contribution is 7.10. The minimum Gasteiger partial charge on any atom is -0.348 e. The molecule has 2 atom stereocenters. The van der Waals surface area contributed by atoms with Crippen molar-refractivity contribution in [2.45, 2.75) is 37.8 Å². The lowest BCUT2D eigenvalue weighted by Gasteiger charge is -2.31. The van der Waals surface area contributed by atoms with Crippen LogP contribution >= 0.6 is 11.3 Å². The number of carbonyl (C=O) groups is 3. The molecule has 1 spiro atoms. The molecule has 2 aliphatic rings. The summed E-state index contributed by atoms with van der Waals surface area (Å²) in [6, 6.07) is 10.8. The Kier molecular flexibility index (Phi) is 4.47. The van der Waals surface area contributed by atoms with E-state index in [1.165, 1.54) is 0 Å². The highest BCUT2D eigenvalue weighted by Gasteiger charge is 2.54. The van der Waals surface area contributed by atoms with Gasteiger partial charge < -0.3 is 10.6 Å². The summed E-state index contributed by atoms with van der Waals surface area (Å²) >= 11 is 1.61. The molecule has 1 aromatic carbocycles. The first kappa shape index (κ1) is 17.7. The zero-order chi connectivity index (χ0) is 19.0. The van der Waals surface area contributed by atoms with Gasteiger partial charge in [0.15, 0.2) is 0 Å². The molecule has 2 aromatic rings. The average Bonchev–Trinajstić information content (AvgIpc) is 3.23. The Hall–Kier alpha value is -2.67. The number of nitrogens with zero attached hydrogens (tertiary/aromatic N) is 1. The van der Waals surface area contributed by atoms with Crippen molar-refractivity contribution in [2.24, 2.45) is 0 Å². The number of urea groups is 1. The van der Waals surface area contributed by atoms with Gasteiger partial charge in [-0.25, -0.2) is 4.79 Å². The number of amides is 4. The average molecular weight is 383 g/mol. The van der Waals surface area contributed by atoms with Crippen LogP contribution in [0.3, 0.4) is 0 Å². The maximum Gasteiger partial charge on any atom is 0.325 e. The quantitative estimate of drug-likeness (QED) is 0.797. The fourth-order valence-corrected chi connectivity index (χ4v) is 4.94. The zero-order valence-corrected chi connectivity index (χ0v) is 15.8. The van der Waals surface area contributed by atoms with E-state index in [1.54, 1.807) is 11.3 Å². The molecule has 27 heavy (non-hydrogen) atoms. The van der Waals surface area contributed by atoms with E-state index in [0.717, 1.165) is 33.7 Å². The lowest BCUT2D eigenvalue weighted by molar-refractivity contribution is -0.135. The number of benzene rings is 1. The van der Waals surface area contributed by atoms with Crippen LogP contribution in [-0.2, 0) is 21.5 Å². The summed E-state index contributed by atoms with van der Waals surface area (Å²) in [6.45, 7) is 1.60. The normalized spacial score (nSPS) is 22.5. The number of hydrogen-bond acceptors (Lipinski definition) is 4. The minimum absolute atomic E-state index is 0.202. The Morgan fingerprint density at radius 3 is 2.85 bits per heavy atom. The Labute approximate surface area is 161 Å². The fraction of sp³-hybridized carbons (Fsp3) is 0.350. The Bertz CT molecular complexity index is 895. The summed E-state index contributed by atoms with van der Waals surface area (Å²) < 4.78 is 0. The molecule has 4 rings (SSSR count). The number of aryl methyl sites for hydroxylation is 1. The summed E-state index contributed by atoms with van der Waals surface area (Å²) in [5, 5.41) is 7.68.